The second kappa shape index (κ2) is 7.56. The Morgan fingerprint density at radius 3 is 2.61 bits per heavy atom. The van der Waals surface area contributed by atoms with Crippen LogP contribution < -0.4 is 10.1 Å². The number of hydrogen-bond acceptors (Lipinski definition) is 4. The predicted octanol–water partition coefficient (Wildman–Crippen LogP) is 1.70. The Morgan fingerprint density at radius 1 is 1.39 bits per heavy atom. The molecule has 0 atom stereocenters. The largest absolute Gasteiger partial charge is 0.481 e. The predicted molar refractivity (Wildman–Crippen MR) is 75.4 cm³/mol. The normalized spacial score (nSPS) is 17.2. The van der Waals surface area contributed by atoms with Crippen molar-refractivity contribution in [3.05, 3.63) is 23.9 Å². The van der Waals surface area contributed by atoms with Gasteiger partial charge in [-0.1, -0.05) is 6.07 Å². The molecule has 102 valence electrons. The van der Waals surface area contributed by atoms with Crippen LogP contribution in [0.25, 0.3) is 0 Å². The number of hydrogen-bond donors (Lipinski definition) is 1. The monoisotopic (exact) mass is 271 g/mol. The van der Waals surface area contributed by atoms with Crippen molar-refractivity contribution in [2.24, 2.45) is 0 Å². The first-order valence-corrected chi connectivity index (χ1v) is 6.20. The summed E-state index contributed by atoms with van der Waals surface area (Å²) in [5, 5.41) is 3.35. The number of methoxy groups -OCH3 is 1. The number of pyridine rings is 1. The molecular weight excluding hydrogens is 250 g/mol. The molecule has 1 N–H and O–H groups in total. The summed E-state index contributed by atoms with van der Waals surface area (Å²) in [5.74, 6) is 0.683. The molecule has 1 aromatic rings. The first-order valence-electron chi connectivity index (χ1n) is 6.20. The molecule has 0 bridgehead atoms. The third-order valence-corrected chi connectivity index (χ3v) is 3.41. The molecule has 0 amide bonds. The van der Waals surface area contributed by atoms with Crippen molar-refractivity contribution in [3.63, 3.8) is 0 Å². The second-order valence-electron chi connectivity index (χ2n) is 4.55. The summed E-state index contributed by atoms with van der Waals surface area (Å²) in [6.07, 6.45) is 4.38. The molecule has 4 nitrogen and oxygen atoms in total. The van der Waals surface area contributed by atoms with Crippen LogP contribution in [0.4, 0.5) is 0 Å². The highest BCUT2D eigenvalue weighted by Gasteiger charge is 2.17. The minimum atomic E-state index is 0. The summed E-state index contributed by atoms with van der Waals surface area (Å²) in [7, 11) is 3.69. The van der Waals surface area contributed by atoms with Gasteiger partial charge in [0.15, 0.2) is 0 Å². The van der Waals surface area contributed by atoms with Crippen molar-refractivity contribution in [2.45, 2.75) is 25.4 Å². The van der Waals surface area contributed by atoms with Gasteiger partial charge in [0.05, 0.1) is 7.11 Å². The molecule has 5 heteroatoms. The maximum absolute atomic E-state index is 5.05. The molecule has 1 aliphatic heterocycles. The van der Waals surface area contributed by atoms with Crippen LogP contribution in [0.3, 0.4) is 0 Å². The molecule has 0 aliphatic carbocycles. The molecule has 0 saturated carbocycles. The van der Waals surface area contributed by atoms with Gasteiger partial charge in [0.25, 0.3) is 0 Å². The van der Waals surface area contributed by atoms with Crippen molar-refractivity contribution in [3.8, 4) is 5.88 Å². The number of aromatic nitrogens is 1. The number of ether oxygens (including phenoxy) is 1. The fourth-order valence-electron chi connectivity index (χ4n) is 2.26. The molecule has 2 heterocycles. The van der Waals surface area contributed by atoms with E-state index in [1.54, 1.807) is 7.11 Å². The van der Waals surface area contributed by atoms with Gasteiger partial charge in [-0.3, -0.25) is 4.90 Å². The molecule has 0 spiro atoms. The standard InChI is InChI=1S/C13H21N3O.ClH/c1-14-12-5-7-16(8-6-12)10-11-3-4-13(17-2)15-9-11;/h3-4,9,12,14H,5-8,10H2,1-2H3;1H. The van der Waals surface area contributed by atoms with Gasteiger partial charge in [-0.05, 0) is 38.5 Å². The minimum absolute atomic E-state index is 0. The topological polar surface area (TPSA) is 37.4 Å². The summed E-state index contributed by atoms with van der Waals surface area (Å²) in [6, 6.07) is 4.71. The van der Waals surface area contributed by atoms with E-state index in [4.69, 9.17) is 4.74 Å². The van der Waals surface area contributed by atoms with Gasteiger partial charge < -0.3 is 10.1 Å². The van der Waals surface area contributed by atoms with Gasteiger partial charge in [-0.25, -0.2) is 4.98 Å². The Hall–Kier alpha value is -0.840. The molecule has 0 unspecified atom stereocenters. The van der Waals surface area contributed by atoms with E-state index in [2.05, 4.69) is 21.3 Å². The third-order valence-electron chi connectivity index (χ3n) is 3.41. The SMILES string of the molecule is CNC1CCN(Cc2ccc(OC)nc2)CC1.Cl. The van der Waals surface area contributed by atoms with Gasteiger partial charge in [0.2, 0.25) is 5.88 Å². The second-order valence-corrected chi connectivity index (χ2v) is 4.55. The molecule has 2 rings (SSSR count). The van der Waals surface area contributed by atoms with Crippen LogP contribution in [0.15, 0.2) is 18.3 Å². The van der Waals surface area contributed by atoms with Crippen LogP contribution in [-0.4, -0.2) is 43.2 Å². The number of likely N-dealkylation sites (tertiary alicyclic amines) is 1. The number of piperidine rings is 1. The van der Waals surface area contributed by atoms with Gasteiger partial charge in [-0.15, -0.1) is 12.4 Å². The van der Waals surface area contributed by atoms with E-state index in [9.17, 15) is 0 Å². The number of nitrogens with zero attached hydrogens (tertiary/aromatic N) is 2. The first-order chi connectivity index (χ1) is 8.31. The summed E-state index contributed by atoms with van der Waals surface area (Å²) in [6.45, 7) is 3.32. The highest BCUT2D eigenvalue weighted by molar-refractivity contribution is 5.85. The molecular formula is C13H22ClN3O. The van der Waals surface area contributed by atoms with Crippen LogP contribution in [0.2, 0.25) is 0 Å². The molecule has 1 aromatic heterocycles. The minimum Gasteiger partial charge on any atom is -0.481 e. The average Bonchev–Trinajstić information content (AvgIpc) is 2.40. The zero-order valence-electron chi connectivity index (χ0n) is 11.1. The fraction of sp³-hybridized carbons (Fsp3) is 0.615. The zero-order chi connectivity index (χ0) is 12.1. The van der Waals surface area contributed by atoms with Crippen molar-refractivity contribution in [2.75, 3.05) is 27.2 Å². The van der Waals surface area contributed by atoms with Crippen LogP contribution >= 0.6 is 12.4 Å². The van der Waals surface area contributed by atoms with E-state index in [1.807, 2.05) is 19.3 Å². The van der Waals surface area contributed by atoms with E-state index in [-0.39, 0.29) is 12.4 Å². The van der Waals surface area contributed by atoms with Gasteiger partial charge in [0, 0.05) is 24.8 Å². The lowest BCUT2D eigenvalue weighted by Crippen LogP contribution is -2.40. The number of halogens is 1. The van der Waals surface area contributed by atoms with Crippen LogP contribution in [-0.2, 0) is 6.54 Å². The first kappa shape index (κ1) is 15.2. The number of nitrogens with one attached hydrogen (secondary N) is 1. The molecule has 18 heavy (non-hydrogen) atoms. The smallest absolute Gasteiger partial charge is 0.212 e. The quantitative estimate of drug-likeness (QED) is 0.905. The molecule has 1 saturated heterocycles. The Kier molecular flexibility index (Phi) is 6.39. The molecule has 0 radical (unpaired) electrons. The average molecular weight is 272 g/mol. The third kappa shape index (κ3) is 4.12. The lowest BCUT2D eigenvalue weighted by atomic mass is 10.0. The maximum atomic E-state index is 5.05. The maximum Gasteiger partial charge on any atom is 0.212 e. The lowest BCUT2D eigenvalue weighted by Gasteiger charge is -2.31. The van der Waals surface area contributed by atoms with Crippen LogP contribution in [0, 0.1) is 0 Å². The molecule has 1 fully saturated rings. The highest BCUT2D eigenvalue weighted by Crippen LogP contribution is 2.14. The highest BCUT2D eigenvalue weighted by atomic mass is 35.5. The van der Waals surface area contributed by atoms with Gasteiger partial charge >= 0.3 is 0 Å². The van der Waals surface area contributed by atoms with Crippen LogP contribution in [0.5, 0.6) is 5.88 Å². The van der Waals surface area contributed by atoms with E-state index < -0.39 is 0 Å². The van der Waals surface area contributed by atoms with Gasteiger partial charge in [-0.2, -0.15) is 0 Å². The van der Waals surface area contributed by atoms with E-state index in [1.165, 1.54) is 18.4 Å². The Bertz CT molecular complexity index is 337. The number of rotatable bonds is 4. The zero-order valence-corrected chi connectivity index (χ0v) is 11.9. The lowest BCUT2D eigenvalue weighted by molar-refractivity contribution is 0.194. The Balaban J connectivity index is 0.00000162. The molecule has 1 aliphatic rings. The van der Waals surface area contributed by atoms with Crippen molar-refractivity contribution in [1.29, 1.82) is 0 Å². The van der Waals surface area contributed by atoms with Gasteiger partial charge in [0.1, 0.15) is 0 Å². The van der Waals surface area contributed by atoms with Crippen molar-refractivity contribution >= 4 is 12.4 Å². The van der Waals surface area contributed by atoms with Crippen molar-refractivity contribution < 1.29 is 4.74 Å². The van der Waals surface area contributed by atoms with Crippen molar-refractivity contribution in [1.82, 2.24) is 15.2 Å². The summed E-state index contributed by atoms with van der Waals surface area (Å²) in [5.41, 5.74) is 1.26. The van der Waals surface area contributed by atoms with E-state index in [0.29, 0.717) is 11.9 Å². The Morgan fingerprint density at radius 2 is 2.11 bits per heavy atom. The molecule has 0 aromatic carbocycles. The Labute approximate surface area is 115 Å². The fourth-order valence-corrected chi connectivity index (χ4v) is 2.26. The van der Waals surface area contributed by atoms with E-state index >= 15 is 0 Å². The van der Waals surface area contributed by atoms with E-state index in [0.717, 1.165) is 19.6 Å². The summed E-state index contributed by atoms with van der Waals surface area (Å²) in [4.78, 5) is 6.72. The summed E-state index contributed by atoms with van der Waals surface area (Å²) < 4.78 is 5.05. The van der Waals surface area contributed by atoms with Crippen LogP contribution in [0.1, 0.15) is 18.4 Å². The summed E-state index contributed by atoms with van der Waals surface area (Å²) >= 11 is 0.